The molecule has 2 rings (SSSR count). The molecule has 0 spiro atoms. The van der Waals surface area contributed by atoms with E-state index in [-0.39, 0.29) is 17.7 Å². The zero-order chi connectivity index (χ0) is 11.8. The van der Waals surface area contributed by atoms with Gasteiger partial charge in [-0.2, -0.15) is 13.2 Å². The number of aromatic nitrogens is 1. The molecule has 3 nitrogen and oxygen atoms in total. The predicted octanol–water partition coefficient (Wildman–Crippen LogP) is 2.68. The number of hydrogen-bond acceptors (Lipinski definition) is 3. The van der Waals surface area contributed by atoms with E-state index in [1.807, 2.05) is 0 Å². The minimum atomic E-state index is -4.42. The van der Waals surface area contributed by atoms with E-state index < -0.39 is 11.7 Å². The second-order valence-electron chi connectivity index (χ2n) is 3.60. The summed E-state index contributed by atoms with van der Waals surface area (Å²) in [6.45, 7) is 0. The Balaban J connectivity index is 2.41. The molecular formula is C10H11F3N2O. The molecule has 88 valence electrons. The molecule has 0 aliphatic heterocycles. The Morgan fingerprint density at radius 1 is 1.44 bits per heavy atom. The second-order valence-corrected chi connectivity index (χ2v) is 3.60. The highest BCUT2D eigenvalue weighted by Gasteiger charge is 2.37. The number of ether oxygens (including phenoxy) is 1. The normalized spacial score (nSPS) is 16.0. The van der Waals surface area contributed by atoms with Crippen molar-refractivity contribution in [1.82, 2.24) is 4.98 Å². The van der Waals surface area contributed by atoms with Gasteiger partial charge in [0.25, 0.3) is 0 Å². The SMILES string of the molecule is CNc1nccc(C(F)(F)F)c1OC1CC1. The van der Waals surface area contributed by atoms with Crippen LogP contribution in [0.3, 0.4) is 0 Å². The zero-order valence-corrected chi connectivity index (χ0v) is 8.64. The molecule has 1 fully saturated rings. The Morgan fingerprint density at radius 3 is 2.62 bits per heavy atom. The molecule has 0 amide bonds. The van der Waals surface area contributed by atoms with Crippen molar-refractivity contribution in [3.05, 3.63) is 17.8 Å². The fourth-order valence-corrected chi connectivity index (χ4v) is 1.32. The molecule has 0 aromatic carbocycles. The van der Waals surface area contributed by atoms with Crippen molar-refractivity contribution in [1.29, 1.82) is 0 Å². The highest BCUT2D eigenvalue weighted by Crippen LogP contribution is 2.41. The third kappa shape index (κ3) is 2.20. The molecule has 1 heterocycles. The fraction of sp³-hybridized carbons (Fsp3) is 0.500. The van der Waals surface area contributed by atoms with E-state index >= 15 is 0 Å². The van der Waals surface area contributed by atoms with Gasteiger partial charge < -0.3 is 10.1 Å². The molecule has 1 aliphatic rings. The molecule has 0 atom stereocenters. The third-order valence-electron chi connectivity index (χ3n) is 2.26. The second kappa shape index (κ2) is 3.84. The molecule has 1 aromatic heterocycles. The van der Waals surface area contributed by atoms with E-state index in [9.17, 15) is 13.2 Å². The van der Waals surface area contributed by atoms with Gasteiger partial charge in [-0.3, -0.25) is 0 Å². The maximum absolute atomic E-state index is 12.7. The Kier molecular flexibility index (Phi) is 2.65. The van der Waals surface area contributed by atoms with E-state index in [4.69, 9.17) is 4.74 Å². The van der Waals surface area contributed by atoms with Gasteiger partial charge in [0, 0.05) is 13.2 Å². The topological polar surface area (TPSA) is 34.2 Å². The lowest BCUT2D eigenvalue weighted by Crippen LogP contribution is -2.12. The van der Waals surface area contributed by atoms with Crippen molar-refractivity contribution in [2.24, 2.45) is 0 Å². The quantitative estimate of drug-likeness (QED) is 0.869. The van der Waals surface area contributed by atoms with Crippen LogP contribution in [0, 0.1) is 0 Å². The van der Waals surface area contributed by atoms with Crippen molar-refractivity contribution in [2.45, 2.75) is 25.1 Å². The first-order valence-corrected chi connectivity index (χ1v) is 4.93. The van der Waals surface area contributed by atoms with Crippen LogP contribution in [-0.2, 0) is 6.18 Å². The smallest absolute Gasteiger partial charge is 0.420 e. The lowest BCUT2D eigenvalue weighted by molar-refractivity contribution is -0.139. The van der Waals surface area contributed by atoms with Gasteiger partial charge in [-0.1, -0.05) is 0 Å². The van der Waals surface area contributed by atoms with Gasteiger partial charge in [0.1, 0.15) is 5.56 Å². The van der Waals surface area contributed by atoms with E-state index in [1.165, 1.54) is 7.05 Å². The van der Waals surface area contributed by atoms with Crippen LogP contribution < -0.4 is 10.1 Å². The van der Waals surface area contributed by atoms with Crippen molar-refractivity contribution >= 4 is 5.82 Å². The summed E-state index contributed by atoms with van der Waals surface area (Å²) in [6, 6.07) is 0.929. The molecule has 1 saturated carbocycles. The maximum Gasteiger partial charge on any atom is 0.420 e. The van der Waals surface area contributed by atoms with E-state index in [0.29, 0.717) is 0 Å². The Bertz CT molecular complexity index is 388. The van der Waals surface area contributed by atoms with Gasteiger partial charge in [0.2, 0.25) is 0 Å². The summed E-state index contributed by atoms with van der Waals surface area (Å²) in [4.78, 5) is 3.82. The first-order chi connectivity index (χ1) is 7.52. The van der Waals surface area contributed by atoms with Crippen LogP contribution in [0.4, 0.5) is 19.0 Å². The standard InChI is InChI=1S/C10H11F3N2O/c1-14-9-8(16-6-2-3-6)7(4-5-15-9)10(11,12)13/h4-6H,2-3H2,1H3,(H,14,15). The molecular weight excluding hydrogens is 221 g/mol. The highest BCUT2D eigenvalue weighted by molar-refractivity contribution is 5.55. The average molecular weight is 232 g/mol. The summed E-state index contributed by atoms with van der Waals surface area (Å²) in [6.07, 6.45) is -1.80. The number of pyridine rings is 1. The average Bonchev–Trinajstić information content (AvgIpc) is 3.00. The highest BCUT2D eigenvalue weighted by atomic mass is 19.4. The van der Waals surface area contributed by atoms with Crippen LogP contribution in [-0.4, -0.2) is 18.1 Å². The maximum atomic E-state index is 12.7. The minimum Gasteiger partial charge on any atom is -0.486 e. The monoisotopic (exact) mass is 232 g/mol. The van der Waals surface area contributed by atoms with Crippen LogP contribution in [0.5, 0.6) is 5.75 Å². The van der Waals surface area contributed by atoms with E-state index in [2.05, 4.69) is 10.3 Å². The molecule has 1 aromatic rings. The predicted molar refractivity (Wildman–Crippen MR) is 52.4 cm³/mol. The van der Waals surface area contributed by atoms with Crippen molar-refractivity contribution in [3.8, 4) is 5.75 Å². The molecule has 1 aliphatic carbocycles. The van der Waals surface area contributed by atoms with Gasteiger partial charge >= 0.3 is 6.18 Å². The summed E-state index contributed by atoms with van der Waals surface area (Å²) in [5.41, 5.74) is -0.779. The first kappa shape index (κ1) is 11.0. The molecule has 16 heavy (non-hydrogen) atoms. The fourth-order valence-electron chi connectivity index (χ4n) is 1.32. The summed E-state index contributed by atoms with van der Waals surface area (Å²) < 4.78 is 43.4. The largest absolute Gasteiger partial charge is 0.486 e. The van der Waals surface area contributed by atoms with Gasteiger partial charge in [-0.15, -0.1) is 0 Å². The zero-order valence-electron chi connectivity index (χ0n) is 8.64. The lowest BCUT2D eigenvalue weighted by atomic mass is 10.2. The molecule has 1 N–H and O–H groups in total. The molecule has 0 radical (unpaired) electrons. The summed E-state index contributed by atoms with van der Waals surface area (Å²) in [5.74, 6) is -0.0678. The Hall–Kier alpha value is -1.46. The number of hydrogen-bond donors (Lipinski definition) is 1. The van der Waals surface area contributed by atoms with Crippen LogP contribution in [0.25, 0.3) is 0 Å². The number of halogens is 3. The van der Waals surface area contributed by atoms with Gasteiger partial charge in [-0.25, -0.2) is 4.98 Å². The van der Waals surface area contributed by atoms with Crippen molar-refractivity contribution in [3.63, 3.8) is 0 Å². The van der Waals surface area contributed by atoms with E-state index in [0.717, 1.165) is 25.1 Å². The van der Waals surface area contributed by atoms with Gasteiger partial charge in [0.15, 0.2) is 11.6 Å². The summed E-state index contributed by atoms with van der Waals surface area (Å²) in [7, 11) is 1.52. The lowest BCUT2D eigenvalue weighted by Gasteiger charge is -2.16. The molecule has 6 heteroatoms. The number of alkyl halides is 3. The minimum absolute atomic E-state index is 0.0996. The van der Waals surface area contributed by atoms with Gasteiger partial charge in [-0.05, 0) is 18.9 Å². The number of rotatable bonds is 3. The van der Waals surface area contributed by atoms with Crippen LogP contribution >= 0.6 is 0 Å². The van der Waals surface area contributed by atoms with Crippen LogP contribution in [0.15, 0.2) is 12.3 Å². The first-order valence-electron chi connectivity index (χ1n) is 4.93. The van der Waals surface area contributed by atoms with Crippen molar-refractivity contribution in [2.75, 3.05) is 12.4 Å². The number of nitrogens with one attached hydrogen (secondary N) is 1. The Labute approximate surface area is 90.6 Å². The number of anilines is 1. The van der Waals surface area contributed by atoms with Crippen LogP contribution in [0.1, 0.15) is 18.4 Å². The molecule has 0 saturated heterocycles. The molecule has 0 unspecified atom stereocenters. The summed E-state index contributed by atoms with van der Waals surface area (Å²) in [5, 5.41) is 2.61. The van der Waals surface area contributed by atoms with Crippen molar-refractivity contribution < 1.29 is 17.9 Å². The molecule has 0 bridgehead atoms. The summed E-state index contributed by atoms with van der Waals surface area (Å²) >= 11 is 0. The van der Waals surface area contributed by atoms with E-state index in [1.54, 1.807) is 0 Å². The van der Waals surface area contributed by atoms with Gasteiger partial charge in [0.05, 0.1) is 6.10 Å². The third-order valence-corrected chi connectivity index (χ3v) is 2.26. The Morgan fingerprint density at radius 2 is 2.12 bits per heavy atom. The van der Waals surface area contributed by atoms with Crippen LogP contribution in [0.2, 0.25) is 0 Å². The number of nitrogens with zero attached hydrogens (tertiary/aromatic N) is 1.